The zero-order valence-electron chi connectivity index (χ0n) is 23.9. The van der Waals surface area contributed by atoms with Crippen molar-refractivity contribution in [1.29, 1.82) is 0 Å². The van der Waals surface area contributed by atoms with Gasteiger partial charge < -0.3 is 29.9 Å². The van der Waals surface area contributed by atoms with Crippen LogP contribution in [0.25, 0.3) is 5.52 Å². The van der Waals surface area contributed by atoms with Gasteiger partial charge in [0.05, 0.1) is 25.5 Å². The number of esters is 1. The van der Waals surface area contributed by atoms with Crippen LogP contribution in [0, 0.1) is 5.41 Å². The first kappa shape index (κ1) is 31.5. The first-order valence-electron chi connectivity index (χ1n) is 13.3. The molecule has 14 nitrogen and oxygen atoms in total. The lowest BCUT2D eigenvalue weighted by molar-refractivity contribution is -0.148. The lowest BCUT2D eigenvalue weighted by Gasteiger charge is -2.30. The molecule has 0 saturated carbocycles. The van der Waals surface area contributed by atoms with E-state index >= 15 is 0 Å². The molecule has 15 heteroatoms. The molecule has 4 rings (SSSR count). The van der Waals surface area contributed by atoms with Crippen molar-refractivity contribution in [2.75, 3.05) is 25.5 Å². The molecule has 2 aromatic heterocycles. The fourth-order valence-corrected chi connectivity index (χ4v) is 5.97. The van der Waals surface area contributed by atoms with Gasteiger partial charge in [0.25, 0.3) is 0 Å². The monoisotopic (exact) mass is 604 g/mol. The molecule has 1 saturated heterocycles. The Morgan fingerprint density at radius 3 is 2.67 bits per heavy atom. The number of aliphatic hydroxyl groups excluding tert-OH is 2. The Balaban J connectivity index is 1.57. The Morgan fingerprint density at radius 1 is 1.29 bits per heavy atom. The predicted octanol–water partition coefficient (Wildman–Crippen LogP) is 2.10. The van der Waals surface area contributed by atoms with Crippen molar-refractivity contribution in [3.05, 3.63) is 54.5 Å². The van der Waals surface area contributed by atoms with E-state index in [0.29, 0.717) is 11.2 Å². The molecule has 0 amide bonds. The fraction of sp³-hybridized carbons (Fsp3) is 0.481. The molecule has 3 aromatic rings. The van der Waals surface area contributed by atoms with Gasteiger partial charge in [-0.2, -0.15) is 10.2 Å². The van der Waals surface area contributed by atoms with Gasteiger partial charge in [0.15, 0.2) is 11.4 Å². The number of nitrogen functional groups attached to an aromatic ring is 1. The Hall–Kier alpha value is -3.39. The normalized spacial score (nSPS) is 24.7. The number of carbonyl (C=O) groups excluding carboxylic acids is 1. The van der Waals surface area contributed by atoms with Gasteiger partial charge in [-0.15, -0.1) is 0 Å². The van der Waals surface area contributed by atoms with Crippen LogP contribution in [-0.2, 0) is 29.0 Å². The van der Waals surface area contributed by atoms with Crippen molar-refractivity contribution in [2.24, 2.45) is 10.4 Å². The van der Waals surface area contributed by atoms with Crippen molar-refractivity contribution < 1.29 is 38.1 Å². The summed E-state index contributed by atoms with van der Waals surface area (Å²) in [5, 5.41) is 29.1. The van der Waals surface area contributed by atoms with Crippen LogP contribution in [0.3, 0.4) is 0 Å². The van der Waals surface area contributed by atoms with Gasteiger partial charge >= 0.3 is 13.7 Å². The van der Waals surface area contributed by atoms with Crippen LogP contribution < -0.4 is 15.3 Å². The number of carbonyl (C=O) groups is 1. The van der Waals surface area contributed by atoms with E-state index in [-0.39, 0.29) is 30.1 Å². The zero-order chi connectivity index (χ0) is 30.7. The third-order valence-electron chi connectivity index (χ3n) is 6.54. The number of ether oxygens (including phenoxy) is 2. The number of nitrogens with one attached hydrogen (secondary N) is 1. The Bertz CT molecular complexity index is 1450. The molecule has 228 valence electrons. The summed E-state index contributed by atoms with van der Waals surface area (Å²) in [6.45, 7) is 10.2. The highest BCUT2D eigenvalue weighted by molar-refractivity contribution is 7.52. The molecule has 5 N–H and O–H groups in total. The van der Waals surface area contributed by atoms with Crippen molar-refractivity contribution in [3.63, 3.8) is 0 Å². The van der Waals surface area contributed by atoms with Gasteiger partial charge in [0.2, 0.25) is 0 Å². The van der Waals surface area contributed by atoms with Crippen molar-refractivity contribution in [1.82, 2.24) is 19.7 Å². The average molecular weight is 605 g/mol. The smallest absolute Gasteiger partial charge is 0.459 e. The molecule has 0 spiro atoms. The molecule has 1 aliphatic heterocycles. The second-order valence-electron chi connectivity index (χ2n) is 11.2. The van der Waals surface area contributed by atoms with Crippen LogP contribution in [0.15, 0.2) is 53.8 Å². The first-order chi connectivity index (χ1) is 19.8. The number of aromatic nitrogens is 3. The molecule has 1 fully saturated rings. The molecule has 3 heterocycles. The van der Waals surface area contributed by atoms with E-state index in [1.165, 1.54) is 17.8 Å². The largest absolute Gasteiger partial charge is 0.464 e. The Morgan fingerprint density at radius 2 is 2.00 bits per heavy atom. The lowest BCUT2D eigenvalue weighted by atomic mass is 9.91. The molecule has 0 aliphatic carbocycles. The number of nitrogens with zero attached hydrogens (tertiary/aromatic N) is 4. The highest BCUT2D eigenvalue weighted by Crippen LogP contribution is 2.47. The number of anilines is 1. The van der Waals surface area contributed by atoms with Crippen LogP contribution in [0.1, 0.15) is 33.4 Å². The summed E-state index contributed by atoms with van der Waals surface area (Å²) in [7, 11) is -4.28. The summed E-state index contributed by atoms with van der Waals surface area (Å²) < 4.78 is 38.3. The molecular formula is C27H37N6O8P. The van der Waals surface area contributed by atoms with Crippen LogP contribution in [0.4, 0.5) is 5.82 Å². The van der Waals surface area contributed by atoms with Gasteiger partial charge in [0, 0.05) is 0 Å². The number of nitrogens with two attached hydrogens (primary N) is 1. The van der Waals surface area contributed by atoms with Gasteiger partial charge in [-0.1, -0.05) is 39.0 Å². The fourth-order valence-electron chi connectivity index (χ4n) is 4.47. The lowest BCUT2D eigenvalue weighted by Crippen LogP contribution is -2.44. The third kappa shape index (κ3) is 6.80. The topological polar surface area (TPSA) is 192 Å². The molecule has 0 bridgehead atoms. The van der Waals surface area contributed by atoms with E-state index in [4.69, 9.17) is 24.3 Å². The summed E-state index contributed by atoms with van der Waals surface area (Å²) in [6, 6.07) is 10.4. The van der Waals surface area contributed by atoms with Crippen molar-refractivity contribution in [2.45, 2.75) is 57.6 Å². The predicted molar refractivity (Wildman–Crippen MR) is 154 cm³/mol. The maximum absolute atomic E-state index is 13.9. The highest BCUT2D eigenvalue weighted by atomic mass is 31.2. The quantitative estimate of drug-likeness (QED) is 0.134. The van der Waals surface area contributed by atoms with E-state index in [0.717, 1.165) is 0 Å². The number of hydrogen-bond donors (Lipinski definition) is 4. The number of aliphatic imine (C=N–C) groups is 1. The number of fused-ring (bicyclic) bond motifs is 1. The van der Waals surface area contributed by atoms with Crippen LogP contribution in [-0.4, -0.2) is 81.6 Å². The molecule has 1 unspecified atom stereocenters. The minimum atomic E-state index is -4.28. The van der Waals surface area contributed by atoms with Gasteiger partial charge in [0.1, 0.15) is 41.9 Å². The van der Waals surface area contributed by atoms with Gasteiger partial charge in [-0.3, -0.25) is 14.3 Å². The molecule has 42 heavy (non-hydrogen) atoms. The van der Waals surface area contributed by atoms with Gasteiger partial charge in [-0.05, 0) is 43.3 Å². The molecular weight excluding hydrogens is 567 g/mol. The maximum Gasteiger partial charge on any atom is 0.459 e. The van der Waals surface area contributed by atoms with E-state index in [2.05, 4.69) is 26.9 Å². The summed E-state index contributed by atoms with van der Waals surface area (Å²) in [4.78, 5) is 20.5. The summed E-state index contributed by atoms with van der Waals surface area (Å²) >= 11 is 0. The second kappa shape index (κ2) is 12.5. The highest BCUT2D eigenvalue weighted by Gasteiger charge is 2.57. The number of hydrogen-bond acceptors (Lipinski definition) is 12. The zero-order valence-corrected chi connectivity index (χ0v) is 24.8. The molecule has 0 radical (unpaired) electrons. The SMILES string of the molecule is C=NC[C@@]1(c2ccc3c(N)ncnn23)O[C@H](COP(=O)(N[C@@H](C)C(=O)OCC(C)(C)C)Oc2ccccc2)[C@@H](O)[C@H]1O. The standard InChI is InChI=1S/C27H37N6O8P/c1-17(25(36)38-15-26(2,3)4)32-42(37,41-18-9-7-6-8-10-18)39-13-20-22(34)23(35)27(40-20,14-29-5)21-12-11-19-24(28)30-16-31-33(19)21/h6-12,16-17,20,22-23,34-35H,5,13-15H2,1-4H3,(H,32,37)(H2,28,30,31)/t17-,20+,22+,23+,27-,42?/m0/s1. The third-order valence-corrected chi connectivity index (χ3v) is 8.18. The summed E-state index contributed by atoms with van der Waals surface area (Å²) in [5.74, 6) is -0.250. The second-order valence-corrected chi connectivity index (χ2v) is 12.9. The first-order valence-corrected chi connectivity index (χ1v) is 14.8. The summed E-state index contributed by atoms with van der Waals surface area (Å²) in [5.41, 5.74) is 4.88. The Labute approximate surface area is 243 Å². The van der Waals surface area contributed by atoms with E-state index in [9.17, 15) is 19.6 Å². The minimum absolute atomic E-state index is 0.146. The number of rotatable bonds is 12. The number of benzene rings is 1. The number of aliphatic hydroxyl groups is 2. The number of para-hydroxylation sites is 1. The van der Waals surface area contributed by atoms with Crippen LogP contribution in [0.2, 0.25) is 0 Å². The molecule has 1 aromatic carbocycles. The minimum Gasteiger partial charge on any atom is -0.464 e. The van der Waals surface area contributed by atoms with Crippen molar-refractivity contribution in [3.8, 4) is 5.75 Å². The van der Waals surface area contributed by atoms with E-state index < -0.39 is 50.3 Å². The molecule has 6 atom stereocenters. The summed E-state index contributed by atoms with van der Waals surface area (Å²) in [6.07, 6.45) is -2.98. The average Bonchev–Trinajstić information content (AvgIpc) is 3.48. The van der Waals surface area contributed by atoms with E-state index in [1.807, 2.05) is 20.8 Å². The van der Waals surface area contributed by atoms with Crippen molar-refractivity contribution >= 4 is 31.8 Å². The van der Waals surface area contributed by atoms with Crippen LogP contribution in [0.5, 0.6) is 5.75 Å². The van der Waals surface area contributed by atoms with E-state index in [1.54, 1.807) is 42.5 Å². The van der Waals surface area contributed by atoms with Gasteiger partial charge in [-0.25, -0.2) is 14.1 Å². The Kier molecular flexibility index (Phi) is 9.36. The van der Waals surface area contributed by atoms with Crippen LogP contribution >= 0.6 is 7.75 Å². The maximum atomic E-state index is 13.9. The molecule has 1 aliphatic rings.